The highest BCUT2D eigenvalue weighted by atomic mass is 32.2. The number of carboxylic acid groups (broad SMARTS) is 1. The number of fused-ring (bicyclic) bond motifs is 1. The Labute approximate surface area is 174 Å². The molecular weight excluding hydrogens is 421 g/mol. The van der Waals surface area contributed by atoms with Gasteiger partial charge in [0, 0.05) is 19.1 Å². The smallest absolute Gasteiger partial charge is 0.449 e. The lowest BCUT2D eigenvalue weighted by Gasteiger charge is -2.23. The number of halogens is 3. The molecule has 2 aromatic rings. The van der Waals surface area contributed by atoms with E-state index < -0.39 is 45.9 Å². The molecule has 30 heavy (non-hydrogen) atoms. The van der Waals surface area contributed by atoms with Crippen LogP contribution in [0, 0.1) is 23.4 Å². The van der Waals surface area contributed by atoms with E-state index >= 15 is 8.78 Å². The van der Waals surface area contributed by atoms with Crippen LogP contribution < -0.4 is 15.1 Å². The monoisotopic (exact) mass is 442 g/mol. The van der Waals surface area contributed by atoms with E-state index in [1.165, 1.54) is 9.47 Å². The molecule has 1 saturated heterocycles. The molecule has 1 atom stereocenters. The molecule has 0 bridgehead atoms. The number of anilines is 1. The maximum atomic E-state index is 15.6. The normalized spacial score (nSPS) is 18.9. The second kappa shape index (κ2) is 8.05. The van der Waals surface area contributed by atoms with Gasteiger partial charge in [-0.2, -0.15) is 11.8 Å². The number of nitrogens with zero attached hydrogens (tertiary/aromatic N) is 2. The topological polar surface area (TPSA) is 71.8 Å². The Hall–Kier alpha value is -2.36. The van der Waals surface area contributed by atoms with Crippen molar-refractivity contribution in [2.45, 2.75) is 32.2 Å². The first-order valence-electron chi connectivity index (χ1n) is 9.82. The molecule has 1 aromatic carbocycles. The lowest BCUT2D eigenvalue weighted by molar-refractivity contribution is 0.143. The van der Waals surface area contributed by atoms with Gasteiger partial charge in [0.05, 0.1) is 17.1 Å². The maximum absolute atomic E-state index is 15.6. The molecule has 1 aliphatic carbocycles. The van der Waals surface area contributed by atoms with Crippen LogP contribution in [-0.4, -0.2) is 40.4 Å². The summed E-state index contributed by atoms with van der Waals surface area (Å²) in [5.74, 6) is -2.56. The van der Waals surface area contributed by atoms with Gasteiger partial charge in [0.1, 0.15) is 5.69 Å². The fourth-order valence-electron chi connectivity index (χ4n) is 4.00. The van der Waals surface area contributed by atoms with Gasteiger partial charge >= 0.3 is 6.16 Å². The van der Waals surface area contributed by atoms with Crippen LogP contribution in [0.5, 0.6) is 5.75 Å². The molecule has 1 unspecified atom stereocenters. The summed E-state index contributed by atoms with van der Waals surface area (Å²) < 4.78 is 51.4. The van der Waals surface area contributed by atoms with E-state index in [2.05, 4.69) is 4.74 Å². The van der Waals surface area contributed by atoms with Crippen molar-refractivity contribution in [3.05, 3.63) is 33.9 Å². The molecule has 1 N–H and O–H groups in total. The molecule has 6 nitrogen and oxygen atoms in total. The first-order chi connectivity index (χ1) is 14.3. The van der Waals surface area contributed by atoms with Crippen LogP contribution in [0.15, 0.2) is 11.0 Å². The van der Waals surface area contributed by atoms with Crippen LogP contribution in [-0.2, 0) is 0 Å². The minimum absolute atomic E-state index is 0.233. The van der Waals surface area contributed by atoms with Crippen molar-refractivity contribution in [2.75, 3.05) is 29.5 Å². The number of rotatable bonds is 6. The van der Waals surface area contributed by atoms with Gasteiger partial charge in [0.25, 0.3) is 0 Å². The number of carbonyl (C=O) groups is 1. The Morgan fingerprint density at radius 3 is 2.60 bits per heavy atom. The van der Waals surface area contributed by atoms with Gasteiger partial charge in [0.15, 0.2) is 23.2 Å². The Bertz CT molecular complexity index is 1070. The Kier molecular flexibility index (Phi) is 5.61. The van der Waals surface area contributed by atoms with Crippen LogP contribution in [0.4, 0.5) is 23.7 Å². The van der Waals surface area contributed by atoms with Crippen LogP contribution in [0.1, 0.15) is 32.2 Å². The van der Waals surface area contributed by atoms with Crippen molar-refractivity contribution in [3.8, 4) is 5.75 Å². The molecular formula is C20H21F3N2O4S. The van der Waals surface area contributed by atoms with Crippen molar-refractivity contribution in [2.24, 2.45) is 5.92 Å². The molecule has 1 aliphatic heterocycles. The number of thioether (sulfide) groups is 1. The summed E-state index contributed by atoms with van der Waals surface area (Å²) in [5, 5.41) is 8.02. The van der Waals surface area contributed by atoms with E-state index in [1.807, 2.05) is 6.92 Å². The number of aromatic nitrogens is 1. The van der Waals surface area contributed by atoms with Gasteiger partial charge in [0.2, 0.25) is 5.43 Å². The predicted octanol–water partition coefficient (Wildman–Crippen LogP) is 4.39. The number of hydrogen-bond donors (Lipinski definition) is 1. The quantitative estimate of drug-likeness (QED) is 0.529. The van der Waals surface area contributed by atoms with Crippen LogP contribution in [0.25, 0.3) is 10.9 Å². The molecule has 0 radical (unpaired) electrons. The zero-order chi connectivity index (χ0) is 21.6. The van der Waals surface area contributed by atoms with Crippen molar-refractivity contribution in [1.29, 1.82) is 0 Å². The number of benzene rings is 1. The highest BCUT2D eigenvalue weighted by Crippen LogP contribution is 2.42. The summed E-state index contributed by atoms with van der Waals surface area (Å²) in [7, 11) is 0. The van der Waals surface area contributed by atoms with Gasteiger partial charge < -0.3 is 19.3 Å². The third-order valence-electron chi connectivity index (χ3n) is 5.54. The molecule has 1 aromatic heterocycles. The predicted molar refractivity (Wildman–Crippen MR) is 108 cm³/mol. The van der Waals surface area contributed by atoms with Gasteiger partial charge in [-0.3, -0.25) is 4.79 Å². The van der Waals surface area contributed by atoms with Crippen LogP contribution >= 0.6 is 11.8 Å². The van der Waals surface area contributed by atoms with Crippen molar-refractivity contribution in [3.63, 3.8) is 0 Å². The van der Waals surface area contributed by atoms with E-state index in [1.54, 1.807) is 11.8 Å². The Morgan fingerprint density at radius 2 is 1.97 bits per heavy atom. The van der Waals surface area contributed by atoms with E-state index in [9.17, 15) is 14.0 Å². The third kappa shape index (κ3) is 3.61. The second-order valence-corrected chi connectivity index (χ2v) is 8.92. The number of pyridine rings is 1. The second-order valence-electron chi connectivity index (χ2n) is 7.60. The van der Waals surface area contributed by atoms with Gasteiger partial charge in [-0.05, 0) is 36.7 Å². The molecule has 1 saturated carbocycles. The van der Waals surface area contributed by atoms with Gasteiger partial charge in [-0.25, -0.2) is 18.0 Å². The molecule has 4 rings (SSSR count). The minimum Gasteiger partial charge on any atom is -0.449 e. The zero-order valence-electron chi connectivity index (χ0n) is 16.3. The summed E-state index contributed by atoms with van der Waals surface area (Å²) >= 11 is 1.74. The first-order valence-corrected chi connectivity index (χ1v) is 11.0. The fourth-order valence-corrected chi connectivity index (χ4v) is 4.84. The van der Waals surface area contributed by atoms with E-state index in [-0.39, 0.29) is 17.5 Å². The van der Waals surface area contributed by atoms with Crippen LogP contribution in [0.3, 0.4) is 0 Å². The van der Waals surface area contributed by atoms with Crippen molar-refractivity contribution in [1.82, 2.24) is 4.57 Å². The summed E-state index contributed by atoms with van der Waals surface area (Å²) in [6, 6.07) is -0.233. The summed E-state index contributed by atoms with van der Waals surface area (Å²) in [5.41, 5.74) is -2.00. The minimum atomic E-state index is -1.76. The average molecular weight is 442 g/mol. The zero-order valence-corrected chi connectivity index (χ0v) is 17.1. The third-order valence-corrected chi connectivity index (χ3v) is 6.65. The molecule has 10 heteroatoms. The molecule has 0 amide bonds. The fraction of sp³-hybridized carbons (Fsp3) is 0.500. The highest BCUT2D eigenvalue weighted by molar-refractivity contribution is 7.99. The van der Waals surface area contributed by atoms with Crippen molar-refractivity contribution < 1.29 is 27.8 Å². The summed E-state index contributed by atoms with van der Waals surface area (Å²) in [6.45, 7) is 2.83. The van der Waals surface area contributed by atoms with Crippen molar-refractivity contribution >= 4 is 34.5 Å². The molecule has 162 valence electrons. The lowest BCUT2D eigenvalue weighted by atomic mass is 10.1. The molecule has 2 fully saturated rings. The van der Waals surface area contributed by atoms with Gasteiger partial charge in [-0.15, -0.1) is 0 Å². The lowest BCUT2D eigenvalue weighted by Crippen LogP contribution is -2.25. The highest BCUT2D eigenvalue weighted by Gasteiger charge is 2.35. The number of hydrogen-bond acceptors (Lipinski definition) is 5. The molecule has 2 heterocycles. The van der Waals surface area contributed by atoms with Crippen LogP contribution in [0.2, 0.25) is 0 Å². The Balaban J connectivity index is 1.88. The maximum Gasteiger partial charge on any atom is 0.511 e. The molecule has 2 aliphatic rings. The Morgan fingerprint density at radius 1 is 1.23 bits per heavy atom. The van der Waals surface area contributed by atoms with E-state index in [4.69, 9.17) is 5.11 Å². The summed E-state index contributed by atoms with van der Waals surface area (Å²) in [6.07, 6.45) is 1.36. The van der Waals surface area contributed by atoms with E-state index in [0.29, 0.717) is 25.9 Å². The van der Waals surface area contributed by atoms with E-state index in [0.717, 1.165) is 24.1 Å². The summed E-state index contributed by atoms with van der Waals surface area (Å²) in [4.78, 5) is 25.0. The standard InChI is InChI=1S/C20H21F3N2O4S/c1-2-30-9-10-5-6-24(7-10)18-15(22)14(21)13-17(16(18)23)25(11-3-4-11)8-12(19(13)26)29-20(27)28/h8,10-11H,2-7,9H2,1H3,(H,27,28). The SMILES string of the molecule is CCSCC1CCN(c2c(F)c(F)c3c(=O)c(OC(=O)O)cn(C4CC4)c3c2F)C1. The molecule has 0 spiro atoms. The average Bonchev–Trinajstić information content (AvgIpc) is 3.44. The first kappa shape index (κ1) is 20.9. The largest absolute Gasteiger partial charge is 0.511 e. The van der Waals surface area contributed by atoms with Gasteiger partial charge in [-0.1, -0.05) is 6.92 Å². The number of ether oxygens (including phenoxy) is 1.